The van der Waals surface area contributed by atoms with Gasteiger partial charge in [-0.25, -0.2) is 0 Å². The van der Waals surface area contributed by atoms with Crippen molar-refractivity contribution >= 4 is 5.91 Å². The van der Waals surface area contributed by atoms with Gasteiger partial charge in [-0.3, -0.25) is 9.59 Å². The van der Waals surface area contributed by atoms with Crippen molar-refractivity contribution in [3.63, 3.8) is 0 Å². The summed E-state index contributed by atoms with van der Waals surface area (Å²) in [6.45, 7) is 3.97. The predicted octanol–water partition coefficient (Wildman–Crippen LogP) is 0.663. The van der Waals surface area contributed by atoms with E-state index in [9.17, 15) is 9.59 Å². The summed E-state index contributed by atoms with van der Waals surface area (Å²) in [6, 6.07) is 5.12. The number of hydrogen-bond donors (Lipinski definition) is 2. The first-order valence-electron chi connectivity index (χ1n) is 6.73. The van der Waals surface area contributed by atoms with Crippen LogP contribution in [0.3, 0.4) is 0 Å². The van der Waals surface area contributed by atoms with Crippen molar-refractivity contribution in [2.45, 2.75) is 32.7 Å². The number of carbonyl (C=O) groups excluding carboxylic acids is 1. The Balaban J connectivity index is 2.28. The molecular formula is C14H23N3O2. The van der Waals surface area contributed by atoms with Crippen molar-refractivity contribution in [1.82, 2.24) is 15.2 Å². The van der Waals surface area contributed by atoms with Gasteiger partial charge >= 0.3 is 0 Å². The number of carbonyl (C=O) groups is 1. The molecule has 0 atom stereocenters. The Morgan fingerprint density at radius 3 is 2.68 bits per heavy atom. The lowest BCUT2D eigenvalue weighted by molar-refractivity contribution is -0.121. The van der Waals surface area contributed by atoms with Crippen LogP contribution in [0, 0.1) is 6.92 Å². The van der Waals surface area contributed by atoms with Crippen LogP contribution in [0.25, 0.3) is 0 Å². The van der Waals surface area contributed by atoms with E-state index >= 15 is 0 Å². The molecule has 0 spiro atoms. The molecule has 2 N–H and O–H groups in total. The smallest absolute Gasteiger partial charge is 0.250 e. The number of nitrogens with one attached hydrogen (secondary N) is 2. The Kier molecular flexibility index (Phi) is 6.89. The molecular weight excluding hydrogens is 242 g/mol. The zero-order valence-corrected chi connectivity index (χ0v) is 11.7. The van der Waals surface area contributed by atoms with Crippen molar-refractivity contribution in [3.8, 4) is 0 Å². The second-order valence-electron chi connectivity index (χ2n) is 4.57. The fourth-order valence-corrected chi connectivity index (χ4v) is 1.87. The number of aromatic nitrogens is 1. The van der Waals surface area contributed by atoms with Gasteiger partial charge in [-0.05, 0) is 39.4 Å². The van der Waals surface area contributed by atoms with Gasteiger partial charge in [-0.2, -0.15) is 0 Å². The lowest BCUT2D eigenvalue weighted by atomic mass is 10.3. The zero-order valence-electron chi connectivity index (χ0n) is 11.7. The quantitative estimate of drug-likeness (QED) is 0.679. The molecule has 5 heteroatoms. The molecule has 1 aromatic rings. The van der Waals surface area contributed by atoms with Gasteiger partial charge in [0, 0.05) is 31.3 Å². The average molecular weight is 265 g/mol. The van der Waals surface area contributed by atoms with Crippen LogP contribution in [-0.2, 0) is 11.3 Å². The van der Waals surface area contributed by atoms with Crippen LogP contribution >= 0.6 is 0 Å². The number of amides is 1. The van der Waals surface area contributed by atoms with E-state index in [1.54, 1.807) is 10.6 Å². The van der Waals surface area contributed by atoms with Gasteiger partial charge in [0.1, 0.15) is 0 Å². The summed E-state index contributed by atoms with van der Waals surface area (Å²) in [6.07, 6.45) is 2.36. The van der Waals surface area contributed by atoms with E-state index in [0.717, 1.165) is 25.1 Å². The summed E-state index contributed by atoms with van der Waals surface area (Å²) in [7, 11) is 1.92. The summed E-state index contributed by atoms with van der Waals surface area (Å²) in [5.41, 5.74) is 0.830. The van der Waals surface area contributed by atoms with Crippen molar-refractivity contribution < 1.29 is 4.79 Å². The first-order valence-corrected chi connectivity index (χ1v) is 6.73. The van der Waals surface area contributed by atoms with Crippen molar-refractivity contribution in [3.05, 3.63) is 34.2 Å². The molecule has 0 aromatic carbocycles. The number of nitrogens with zero attached hydrogens (tertiary/aromatic N) is 1. The third-order valence-corrected chi connectivity index (χ3v) is 3.01. The highest BCUT2D eigenvalue weighted by Crippen LogP contribution is 1.96. The molecule has 0 bridgehead atoms. The van der Waals surface area contributed by atoms with Crippen LogP contribution in [0.4, 0.5) is 0 Å². The molecule has 0 saturated carbocycles. The molecule has 1 aromatic heterocycles. The zero-order chi connectivity index (χ0) is 14.1. The topological polar surface area (TPSA) is 63.1 Å². The Bertz CT molecular complexity index is 454. The third kappa shape index (κ3) is 5.70. The molecule has 106 valence electrons. The molecule has 0 saturated heterocycles. The number of aryl methyl sites for hydroxylation is 1. The Morgan fingerprint density at radius 1 is 1.26 bits per heavy atom. The standard InChI is InChI=1S/C14H23N3O2/c1-12-6-5-7-14(19)17(12)11-8-13(18)16-10-4-3-9-15-2/h5-7,15H,3-4,8-11H2,1-2H3,(H,16,18). The van der Waals surface area contributed by atoms with Crippen LogP contribution in [0.2, 0.25) is 0 Å². The SMILES string of the molecule is CNCCCCNC(=O)CCn1c(C)cccc1=O. The maximum absolute atomic E-state index is 11.6. The molecule has 0 radical (unpaired) electrons. The number of rotatable bonds is 8. The molecule has 1 rings (SSSR count). The monoisotopic (exact) mass is 265 g/mol. The second kappa shape index (κ2) is 8.48. The van der Waals surface area contributed by atoms with Crippen LogP contribution in [0.1, 0.15) is 25.0 Å². The van der Waals surface area contributed by atoms with Gasteiger partial charge in [0.15, 0.2) is 0 Å². The van der Waals surface area contributed by atoms with E-state index in [1.807, 2.05) is 20.0 Å². The lowest BCUT2D eigenvalue weighted by Crippen LogP contribution is -2.28. The molecule has 0 unspecified atom stereocenters. The van der Waals surface area contributed by atoms with Crippen LogP contribution in [-0.4, -0.2) is 30.6 Å². The summed E-state index contributed by atoms with van der Waals surface area (Å²) >= 11 is 0. The fourth-order valence-electron chi connectivity index (χ4n) is 1.87. The van der Waals surface area contributed by atoms with Crippen molar-refractivity contribution in [1.29, 1.82) is 0 Å². The molecule has 5 nitrogen and oxygen atoms in total. The fraction of sp³-hybridized carbons (Fsp3) is 0.571. The van der Waals surface area contributed by atoms with Crippen molar-refractivity contribution in [2.24, 2.45) is 0 Å². The first-order chi connectivity index (χ1) is 9.15. The van der Waals surface area contributed by atoms with E-state index in [0.29, 0.717) is 19.5 Å². The van der Waals surface area contributed by atoms with E-state index < -0.39 is 0 Å². The normalized spacial score (nSPS) is 10.4. The largest absolute Gasteiger partial charge is 0.356 e. The third-order valence-electron chi connectivity index (χ3n) is 3.01. The van der Waals surface area contributed by atoms with Gasteiger partial charge in [-0.1, -0.05) is 6.07 Å². The Labute approximate surface area is 114 Å². The van der Waals surface area contributed by atoms with Gasteiger partial charge in [0.25, 0.3) is 5.56 Å². The minimum Gasteiger partial charge on any atom is -0.356 e. The lowest BCUT2D eigenvalue weighted by Gasteiger charge is -2.09. The maximum Gasteiger partial charge on any atom is 0.250 e. The number of unbranched alkanes of at least 4 members (excludes halogenated alkanes) is 1. The molecule has 0 aliphatic rings. The van der Waals surface area contributed by atoms with E-state index in [-0.39, 0.29) is 11.5 Å². The average Bonchev–Trinajstić information content (AvgIpc) is 2.38. The maximum atomic E-state index is 11.6. The molecule has 19 heavy (non-hydrogen) atoms. The van der Waals surface area contributed by atoms with Gasteiger partial charge in [0.2, 0.25) is 5.91 Å². The van der Waals surface area contributed by atoms with E-state index in [4.69, 9.17) is 0 Å². The van der Waals surface area contributed by atoms with Crippen molar-refractivity contribution in [2.75, 3.05) is 20.1 Å². The van der Waals surface area contributed by atoms with Crippen LogP contribution in [0.5, 0.6) is 0 Å². The summed E-state index contributed by atoms with van der Waals surface area (Å²) in [5.74, 6) is -0.000360. The minimum absolute atomic E-state index is 0.000360. The van der Waals surface area contributed by atoms with Gasteiger partial charge in [-0.15, -0.1) is 0 Å². The molecule has 0 aliphatic heterocycles. The highest BCUT2D eigenvalue weighted by molar-refractivity contribution is 5.75. The van der Waals surface area contributed by atoms with E-state index in [1.165, 1.54) is 6.07 Å². The van der Waals surface area contributed by atoms with Gasteiger partial charge < -0.3 is 15.2 Å². The number of hydrogen-bond acceptors (Lipinski definition) is 3. The molecule has 0 fully saturated rings. The van der Waals surface area contributed by atoms with Crippen LogP contribution < -0.4 is 16.2 Å². The highest BCUT2D eigenvalue weighted by Gasteiger charge is 2.04. The van der Waals surface area contributed by atoms with Gasteiger partial charge in [0.05, 0.1) is 0 Å². The van der Waals surface area contributed by atoms with Crippen LogP contribution in [0.15, 0.2) is 23.0 Å². The summed E-state index contributed by atoms with van der Waals surface area (Å²) in [4.78, 5) is 23.2. The molecule has 0 aliphatic carbocycles. The Hall–Kier alpha value is -1.62. The summed E-state index contributed by atoms with van der Waals surface area (Å²) in [5, 5.41) is 5.93. The predicted molar refractivity (Wildman–Crippen MR) is 76.2 cm³/mol. The molecule has 1 amide bonds. The summed E-state index contributed by atoms with van der Waals surface area (Å²) < 4.78 is 1.63. The Morgan fingerprint density at radius 2 is 2.00 bits per heavy atom. The second-order valence-corrected chi connectivity index (χ2v) is 4.57. The number of pyridine rings is 1. The first kappa shape index (κ1) is 15.4. The minimum atomic E-state index is -0.0539. The highest BCUT2D eigenvalue weighted by atomic mass is 16.1. The molecule has 1 heterocycles. The van der Waals surface area contributed by atoms with E-state index in [2.05, 4.69) is 10.6 Å².